The molecule has 39 heavy (non-hydrogen) atoms. The topological polar surface area (TPSA) is 128 Å². The number of nitrogens with two attached hydrogens (primary N) is 1. The van der Waals surface area contributed by atoms with Crippen molar-refractivity contribution in [1.29, 1.82) is 0 Å². The number of ether oxygens (including phenoxy) is 1. The molecule has 206 valence electrons. The van der Waals surface area contributed by atoms with E-state index in [0.29, 0.717) is 30.2 Å². The number of aromatic amines is 1. The van der Waals surface area contributed by atoms with E-state index < -0.39 is 17.5 Å². The number of alkyl halides is 3. The van der Waals surface area contributed by atoms with Crippen LogP contribution in [-0.4, -0.2) is 59.4 Å². The predicted octanol–water partition coefficient (Wildman–Crippen LogP) is 5.63. The van der Waals surface area contributed by atoms with E-state index in [1.807, 2.05) is 31.6 Å². The Balaban J connectivity index is 1.30. The summed E-state index contributed by atoms with van der Waals surface area (Å²) in [6, 6.07) is 1.94. The zero-order valence-electron chi connectivity index (χ0n) is 21.5. The Morgan fingerprint density at radius 1 is 1.13 bits per heavy atom. The summed E-state index contributed by atoms with van der Waals surface area (Å²) >= 11 is 0.873. The van der Waals surface area contributed by atoms with Crippen molar-refractivity contribution >= 4 is 23.2 Å². The van der Waals surface area contributed by atoms with Gasteiger partial charge in [0.05, 0.1) is 29.7 Å². The Hall–Kier alpha value is -3.94. The average Bonchev–Trinajstić information content (AvgIpc) is 3.63. The van der Waals surface area contributed by atoms with E-state index in [4.69, 9.17) is 10.5 Å². The van der Waals surface area contributed by atoms with Crippen molar-refractivity contribution in [2.75, 3.05) is 18.8 Å². The summed E-state index contributed by atoms with van der Waals surface area (Å²) in [5.41, 5.74) is 7.05. The molecule has 0 saturated carbocycles. The van der Waals surface area contributed by atoms with Crippen LogP contribution in [0, 0.1) is 0 Å². The molecule has 0 aliphatic carbocycles. The number of imidazole rings is 1. The maximum atomic E-state index is 12.9. The second-order valence-electron chi connectivity index (χ2n) is 10.2. The lowest BCUT2D eigenvalue weighted by atomic mass is 10.1. The fourth-order valence-electron chi connectivity index (χ4n) is 4.24. The summed E-state index contributed by atoms with van der Waals surface area (Å²) in [6.45, 7) is 6.69. The average molecular weight is 561 g/mol. The maximum Gasteiger partial charge on any atom is 0.434 e. The van der Waals surface area contributed by atoms with Gasteiger partial charge in [0.15, 0.2) is 5.69 Å². The largest absolute Gasteiger partial charge is 0.444 e. The van der Waals surface area contributed by atoms with Crippen molar-refractivity contribution in [3.8, 4) is 33.2 Å². The van der Waals surface area contributed by atoms with Gasteiger partial charge in [-0.3, -0.25) is 4.68 Å². The van der Waals surface area contributed by atoms with Gasteiger partial charge in [-0.1, -0.05) is 0 Å². The molecule has 0 radical (unpaired) electrons. The number of nitrogen functional groups attached to an aromatic ring is 1. The maximum absolute atomic E-state index is 12.9. The number of anilines is 1. The highest BCUT2D eigenvalue weighted by Crippen LogP contribution is 2.35. The summed E-state index contributed by atoms with van der Waals surface area (Å²) in [6.07, 6.45) is 3.37. The number of piperidine rings is 1. The van der Waals surface area contributed by atoms with Crippen LogP contribution >= 0.6 is 11.3 Å². The Labute approximate surface area is 226 Å². The van der Waals surface area contributed by atoms with E-state index in [1.165, 1.54) is 6.20 Å². The number of carbonyl (C=O) groups is 1. The first-order valence-electron chi connectivity index (χ1n) is 12.2. The van der Waals surface area contributed by atoms with Crippen molar-refractivity contribution in [1.82, 2.24) is 34.6 Å². The molecule has 0 atom stereocenters. The van der Waals surface area contributed by atoms with Crippen LogP contribution in [-0.2, 0) is 10.9 Å². The van der Waals surface area contributed by atoms with Crippen molar-refractivity contribution in [2.45, 2.75) is 51.4 Å². The predicted molar refractivity (Wildman–Crippen MR) is 140 cm³/mol. The lowest BCUT2D eigenvalue weighted by Gasteiger charge is -2.33. The number of nitrogens with zero attached hydrogens (tertiary/aromatic N) is 6. The van der Waals surface area contributed by atoms with Gasteiger partial charge in [0.25, 0.3) is 0 Å². The standard InChI is InChI=1S/C25H27F3N8O2S/c1-24(2,3)38-23(37)35-6-4-16(5-7-35)36-12-15(10-32-36)14-8-17(20(29)30-9-14)21-31-11-18(33-21)22-34-19(13-39-22)25(26,27)28/h8-13,16H,4-7H2,1-3H3,(H2,29,30)(H,31,33). The van der Waals surface area contributed by atoms with Gasteiger partial charge in [-0.15, -0.1) is 11.3 Å². The molecular formula is C25H27F3N8O2S. The van der Waals surface area contributed by atoms with E-state index in [-0.39, 0.29) is 23.0 Å². The minimum absolute atomic E-state index is 0.131. The molecule has 5 heterocycles. The van der Waals surface area contributed by atoms with Crippen molar-refractivity contribution in [2.24, 2.45) is 0 Å². The number of aromatic nitrogens is 6. The summed E-state index contributed by atoms with van der Waals surface area (Å²) in [4.78, 5) is 29.3. The van der Waals surface area contributed by atoms with Gasteiger partial charge in [-0.2, -0.15) is 18.3 Å². The van der Waals surface area contributed by atoms with Crippen LogP contribution in [0.15, 0.2) is 36.2 Å². The van der Waals surface area contributed by atoms with Gasteiger partial charge < -0.3 is 20.4 Å². The molecule has 1 fully saturated rings. The molecule has 1 aliphatic heterocycles. The molecule has 4 aromatic rings. The molecule has 1 amide bonds. The highest BCUT2D eigenvalue weighted by atomic mass is 32.1. The number of likely N-dealkylation sites (tertiary alicyclic amines) is 1. The van der Waals surface area contributed by atoms with Crippen LogP contribution < -0.4 is 5.73 Å². The Morgan fingerprint density at radius 3 is 2.54 bits per heavy atom. The van der Waals surface area contributed by atoms with Crippen LogP contribution in [0.3, 0.4) is 0 Å². The Morgan fingerprint density at radius 2 is 1.87 bits per heavy atom. The minimum Gasteiger partial charge on any atom is -0.444 e. The minimum atomic E-state index is -4.51. The summed E-state index contributed by atoms with van der Waals surface area (Å²) in [5, 5.41) is 5.67. The van der Waals surface area contributed by atoms with Gasteiger partial charge in [-0.25, -0.2) is 19.7 Å². The van der Waals surface area contributed by atoms with E-state index >= 15 is 0 Å². The van der Waals surface area contributed by atoms with E-state index in [1.54, 1.807) is 23.4 Å². The molecule has 0 aromatic carbocycles. The zero-order chi connectivity index (χ0) is 27.9. The second-order valence-corrected chi connectivity index (χ2v) is 11.1. The number of amides is 1. The molecule has 1 saturated heterocycles. The highest BCUT2D eigenvalue weighted by Gasteiger charge is 2.34. The lowest BCUT2D eigenvalue weighted by Crippen LogP contribution is -2.42. The summed E-state index contributed by atoms with van der Waals surface area (Å²) in [5.74, 6) is 0.583. The molecular weight excluding hydrogens is 533 g/mol. The van der Waals surface area contributed by atoms with E-state index in [0.717, 1.165) is 40.7 Å². The number of hydrogen-bond donors (Lipinski definition) is 2. The van der Waals surface area contributed by atoms with Crippen molar-refractivity contribution in [3.05, 3.63) is 41.9 Å². The monoisotopic (exact) mass is 560 g/mol. The smallest absolute Gasteiger partial charge is 0.434 e. The Bertz CT molecular complexity index is 1480. The molecule has 10 nitrogen and oxygen atoms in total. The molecule has 4 aromatic heterocycles. The molecule has 0 unspecified atom stereocenters. The second kappa shape index (κ2) is 9.98. The molecule has 5 rings (SSSR count). The van der Waals surface area contributed by atoms with Gasteiger partial charge in [0.1, 0.15) is 22.3 Å². The number of rotatable bonds is 4. The van der Waals surface area contributed by atoms with Gasteiger partial charge in [0.2, 0.25) is 0 Å². The first kappa shape index (κ1) is 26.7. The number of pyridine rings is 1. The first-order valence-corrected chi connectivity index (χ1v) is 13.1. The summed E-state index contributed by atoms with van der Waals surface area (Å²) in [7, 11) is 0. The lowest BCUT2D eigenvalue weighted by molar-refractivity contribution is -0.140. The number of H-pyrrole nitrogens is 1. The highest BCUT2D eigenvalue weighted by molar-refractivity contribution is 7.13. The van der Waals surface area contributed by atoms with E-state index in [9.17, 15) is 18.0 Å². The van der Waals surface area contributed by atoms with Crippen molar-refractivity contribution in [3.63, 3.8) is 0 Å². The van der Waals surface area contributed by atoms with Crippen molar-refractivity contribution < 1.29 is 22.7 Å². The molecule has 3 N–H and O–H groups in total. The number of hydrogen-bond acceptors (Lipinski definition) is 8. The zero-order valence-corrected chi connectivity index (χ0v) is 22.3. The number of carbonyl (C=O) groups excluding carboxylic acids is 1. The van der Waals surface area contributed by atoms with Crippen LogP contribution in [0.25, 0.3) is 33.2 Å². The van der Waals surface area contributed by atoms with E-state index in [2.05, 4.69) is 25.0 Å². The first-order chi connectivity index (χ1) is 18.4. The third kappa shape index (κ3) is 5.90. The molecule has 0 spiro atoms. The molecule has 0 bridgehead atoms. The van der Waals surface area contributed by atoms with Crippen LogP contribution in [0.1, 0.15) is 45.3 Å². The SMILES string of the molecule is CC(C)(C)OC(=O)N1CCC(n2cc(-c3cnc(N)c(-c4ncc(-c5nc(C(F)(F)F)cs5)[nH]4)c3)cn2)CC1. The fraction of sp³-hybridized carbons (Fsp3) is 0.400. The molecule has 14 heteroatoms. The third-order valence-corrected chi connectivity index (χ3v) is 7.08. The summed E-state index contributed by atoms with van der Waals surface area (Å²) < 4.78 is 46.2. The van der Waals surface area contributed by atoms with Gasteiger partial charge in [-0.05, 0) is 39.7 Å². The number of nitrogens with one attached hydrogen (secondary N) is 1. The van der Waals surface area contributed by atoms with Crippen LogP contribution in [0.5, 0.6) is 0 Å². The number of thiazole rings is 1. The quantitative estimate of drug-likeness (QED) is 0.331. The van der Waals surface area contributed by atoms with Gasteiger partial charge >= 0.3 is 12.3 Å². The normalized spacial score (nSPS) is 15.1. The Kier molecular flexibility index (Phi) is 6.83. The third-order valence-electron chi connectivity index (χ3n) is 6.20. The fourth-order valence-corrected chi connectivity index (χ4v) is 5.03. The van der Waals surface area contributed by atoms with Crippen LogP contribution in [0.4, 0.5) is 23.8 Å². The number of halogens is 3. The van der Waals surface area contributed by atoms with Crippen LogP contribution in [0.2, 0.25) is 0 Å². The van der Waals surface area contributed by atoms with Gasteiger partial charge in [0, 0.05) is 42.0 Å². The molecule has 1 aliphatic rings.